The lowest BCUT2D eigenvalue weighted by Crippen LogP contribution is -3.02. The van der Waals surface area contributed by atoms with E-state index >= 15 is 0 Å². The number of benzene rings is 1. The van der Waals surface area contributed by atoms with Crippen molar-refractivity contribution in [2.45, 2.75) is 0 Å². The molecule has 0 atom stereocenters. The van der Waals surface area contributed by atoms with Gasteiger partial charge in [0, 0.05) is 6.07 Å². The van der Waals surface area contributed by atoms with E-state index in [1.165, 1.54) is 30.2 Å². The van der Waals surface area contributed by atoms with Gasteiger partial charge in [0.15, 0.2) is 11.5 Å². The molecule has 0 aliphatic carbocycles. The second-order valence-corrected chi connectivity index (χ2v) is 3.36. The van der Waals surface area contributed by atoms with Crippen LogP contribution in [-0.2, 0) is 0 Å². The Hall–Kier alpha value is -0.690. The molecule has 0 heterocycles. The minimum Gasteiger partial charge on any atom is -1.00 e. The van der Waals surface area contributed by atoms with Gasteiger partial charge in [-0.25, -0.2) is 0 Å². The summed E-state index contributed by atoms with van der Waals surface area (Å²) in [4.78, 5) is 1.42. The average molecular weight is 327 g/mol. The summed E-state index contributed by atoms with van der Waals surface area (Å²) >= 11 is 0. The minimum atomic E-state index is 0. The number of hydrogen-bond donors (Lipinski definition) is 3. The Morgan fingerprint density at radius 3 is 1.93 bits per heavy atom. The quantitative estimate of drug-likeness (QED) is 0.378. The van der Waals surface area contributed by atoms with Gasteiger partial charge in [0.05, 0.1) is 28.3 Å². The summed E-state index contributed by atoms with van der Waals surface area (Å²) in [6, 6.07) is 4.10. The second kappa shape index (κ2) is 8.60. The van der Waals surface area contributed by atoms with Crippen molar-refractivity contribution in [2.75, 3.05) is 28.3 Å². The number of rotatable bonds is 1. The molecular formula is C10H18INO3. The van der Waals surface area contributed by atoms with Crippen LogP contribution in [0, 0.1) is 0 Å². The predicted octanol–water partition coefficient (Wildman–Crippen LogP) is -3.13. The minimum absolute atomic E-state index is 0. The van der Waals surface area contributed by atoms with E-state index in [4.69, 9.17) is 14.9 Å². The van der Waals surface area contributed by atoms with Gasteiger partial charge >= 0.3 is 0 Å². The van der Waals surface area contributed by atoms with Crippen molar-refractivity contribution < 1.29 is 43.8 Å². The fourth-order valence-corrected chi connectivity index (χ4v) is 0.666. The van der Waals surface area contributed by atoms with Crippen LogP contribution in [0.1, 0.15) is 0 Å². The first-order valence-electron chi connectivity index (χ1n) is 4.30. The van der Waals surface area contributed by atoms with Gasteiger partial charge in [-0.05, 0) is 12.1 Å². The third kappa shape index (κ3) is 8.31. The third-order valence-electron chi connectivity index (χ3n) is 1.16. The van der Waals surface area contributed by atoms with Gasteiger partial charge in [0.1, 0.15) is 5.75 Å². The van der Waals surface area contributed by atoms with Crippen LogP contribution in [0.15, 0.2) is 18.2 Å². The summed E-state index contributed by atoms with van der Waals surface area (Å²) in [6.07, 6.45) is 0. The van der Waals surface area contributed by atoms with Crippen molar-refractivity contribution in [1.82, 2.24) is 0 Å². The molecule has 3 N–H and O–H groups in total. The first kappa shape index (κ1) is 16.7. The van der Waals surface area contributed by atoms with Crippen LogP contribution in [0.25, 0.3) is 0 Å². The molecule has 1 rings (SSSR count). The van der Waals surface area contributed by atoms with Gasteiger partial charge in [-0.15, -0.1) is 0 Å². The van der Waals surface area contributed by atoms with Crippen LogP contribution in [0.3, 0.4) is 0 Å². The molecule has 4 nitrogen and oxygen atoms in total. The van der Waals surface area contributed by atoms with Crippen LogP contribution in [0.5, 0.6) is 17.2 Å². The molecule has 88 valence electrons. The fraction of sp³-hybridized carbons (Fsp3) is 0.400. The molecular weight excluding hydrogens is 309 g/mol. The molecule has 0 aliphatic rings. The summed E-state index contributed by atoms with van der Waals surface area (Å²) in [6.45, 7) is 0. The molecule has 0 aromatic heterocycles. The van der Waals surface area contributed by atoms with Gasteiger partial charge in [0.25, 0.3) is 0 Å². The molecule has 0 amide bonds. The van der Waals surface area contributed by atoms with Gasteiger partial charge < -0.3 is 43.8 Å². The Balaban J connectivity index is 0. The molecule has 0 aliphatic heterocycles. The predicted molar refractivity (Wildman–Crippen MR) is 55.1 cm³/mol. The molecule has 0 saturated carbocycles. The largest absolute Gasteiger partial charge is 1.00 e. The normalized spacial score (nSPS) is 8.60. The third-order valence-corrected chi connectivity index (χ3v) is 1.16. The number of ether oxygens (including phenoxy) is 1. The Morgan fingerprint density at radius 1 is 1.13 bits per heavy atom. The zero-order valence-corrected chi connectivity index (χ0v) is 11.6. The van der Waals surface area contributed by atoms with Crippen LogP contribution in [-0.4, -0.2) is 38.5 Å². The summed E-state index contributed by atoms with van der Waals surface area (Å²) in [5.74, 6) is 0.384. The van der Waals surface area contributed by atoms with Crippen molar-refractivity contribution in [3.8, 4) is 17.2 Å². The van der Waals surface area contributed by atoms with Gasteiger partial charge in [-0.3, -0.25) is 0 Å². The summed E-state index contributed by atoms with van der Waals surface area (Å²) in [5, 5.41) is 17.9. The molecule has 0 spiro atoms. The van der Waals surface area contributed by atoms with E-state index in [2.05, 4.69) is 21.1 Å². The molecule has 0 radical (unpaired) electrons. The number of nitrogens with one attached hydrogen (secondary N) is 1. The second-order valence-electron chi connectivity index (χ2n) is 3.36. The van der Waals surface area contributed by atoms with E-state index in [0.717, 1.165) is 0 Å². The molecule has 0 unspecified atom stereocenters. The molecule has 0 bridgehead atoms. The van der Waals surface area contributed by atoms with Crippen molar-refractivity contribution in [3.05, 3.63) is 18.2 Å². The number of halogens is 1. The summed E-state index contributed by atoms with van der Waals surface area (Å²) in [7, 11) is 7.68. The average Bonchev–Trinajstić information content (AvgIpc) is 2.08. The van der Waals surface area contributed by atoms with Crippen molar-refractivity contribution in [2.24, 2.45) is 0 Å². The fourth-order valence-electron chi connectivity index (χ4n) is 0.666. The first-order chi connectivity index (χ1) is 6.47. The first-order valence-corrected chi connectivity index (χ1v) is 4.30. The highest BCUT2D eigenvalue weighted by Crippen LogP contribution is 2.28. The highest BCUT2D eigenvalue weighted by molar-refractivity contribution is 5.43. The van der Waals surface area contributed by atoms with Crippen molar-refractivity contribution >= 4 is 0 Å². The summed E-state index contributed by atoms with van der Waals surface area (Å²) in [5.41, 5.74) is 0. The van der Waals surface area contributed by atoms with Crippen LogP contribution >= 0.6 is 0 Å². The number of methoxy groups -OCH3 is 1. The highest BCUT2D eigenvalue weighted by atomic mass is 127. The molecule has 5 heteroatoms. The number of hydrogen-bond acceptors (Lipinski definition) is 3. The molecule has 0 saturated heterocycles. The van der Waals surface area contributed by atoms with E-state index in [9.17, 15) is 0 Å². The zero-order chi connectivity index (χ0) is 11.1. The van der Waals surface area contributed by atoms with Crippen molar-refractivity contribution in [1.29, 1.82) is 0 Å². The number of phenolic OH excluding ortho intramolecular Hbond substituents is 2. The van der Waals surface area contributed by atoms with Gasteiger partial charge in [0.2, 0.25) is 0 Å². The van der Waals surface area contributed by atoms with E-state index < -0.39 is 0 Å². The van der Waals surface area contributed by atoms with Crippen LogP contribution in [0.2, 0.25) is 0 Å². The summed E-state index contributed by atoms with van der Waals surface area (Å²) < 4.78 is 4.72. The lowest BCUT2D eigenvalue weighted by atomic mass is 10.3. The maximum atomic E-state index is 9.00. The maximum absolute atomic E-state index is 9.00. The number of aromatic hydroxyl groups is 2. The molecule has 0 fully saturated rings. The van der Waals surface area contributed by atoms with Crippen LogP contribution < -0.4 is 33.6 Å². The number of quaternary nitrogens is 1. The lowest BCUT2D eigenvalue weighted by Gasteiger charge is -2.01. The van der Waals surface area contributed by atoms with Gasteiger partial charge in [-0.1, -0.05) is 0 Å². The van der Waals surface area contributed by atoms with E-state index in [1.54, 1.807) is 0 Å². The van der Waals surface area contributed by atoms with Crippen LogP contribution in [0.4, 0.5) is 0 Å². The Kier molecular flexibility index (Phi) is 9.60. The molecule has 1 aromatic carbocycles. The maximum Gasteiger partial charge on any atom is 0.164 e. The molecule has 15 heavy (non-hydrogen) atoms. The van der Waals surface area contributed by atoms with E-state index in [0.29, 0.717) is 0 Å². The van der Waals surface area contributed by atoms with E-state index in [1.807, 2.05) is 0 Å². The smallest absolute Gasteiger partial charge is 0.164 e. The molecule has 1 aromatic rings. The Labute approximate surface area is 108 Å². The van der Waals surface area contributed by atoms with Crippen molar-refractivity contribution in [3.63, 3.8) is 0 Å². The lowest BCUT2D eigenvalue weighted by molar-refractivity contribution is -0.836. The topological polar surface area (TPSA) is 54.1 Å². The van der Waals surface area contributed by atoms with E-state index in [-0.39, 0.29) is 41.2 Å². The Bertz CT molecular complexity index is 277. The monoisotopic (exact) mass is 327 g/mol. The zero-order valence-electron chi connectivity index (χ0n) is 9.41. The highest BCUT2D eigenvalue weighted by Gasteiger charge is 1.99. The Morgan fingerprint density at radius 2 is 1.60 bits per heavy atom. The number of phenols is 2. The standard InChI is InChI=1S/C7H8O3.C3H9N.HI/c1-10-7-4-5(8)2-3-6(7)9;1-4(2)3;/h2-4,8-9H,1H3;1-3H3;1H. The van der Waals surface area contributed by atoms with Gasteiger partial charge in [-0.2, -0.15) is 0 Å². The SMILES string of the molecule is COc1cc(O)ccc1O.C[NH+](C)C.[I-].